The van der Waals surface area contributed by atoms with Crippen molar-refractivity contribution in [2.75, 3.05) is 13.2 Å². The van der Waals surface area contributed by atoms with Crippen LogP contribution in [0.25, 0.3) is 0 Å². The topological polar surface area (TPSA) is 18.5 Å². The van der Waals surface area contributed by atoms with Crippen molar-refractivity contribution in [2.24, 2.45) is 5.92 Å². The highest BCUT2D eigenvalue weighted by Gasteiger charge is 2.21. The van der Waals surface area contributed by atoms with Crippen molar-refractivity contribution < 1.29 is 9.47 Å². The fourth-order valence-electron chi connectivity index (χ4n) is 3.50. The van der Waals surface area contributed by atoms with Crippen LogP contribution >= 0.6 is 0 Å². The van der Waals surface area contributed by atoms with Gasteiger partial charge in [0.05, 0.1) is 13.2 Å². The van der Waals surface area contributed by atoms with E-state index < -0.39 is 0 Å². The predicted molar refractivity (Wildman–Crippen MR) is 106 cm³/mol. The molecule has 0 spiro atoms. The lowest BCUT2D eigenvalue weighted by Gasteiger charge is -2.29. The number of aryl methyl sites for hydroxylation is 2. The van der Waals surface area contributed by atoms with Gasteiger partial charge in [0.15, 0.2) is 6.29 Å². The molecule has 1 aromatic rings. The van der Waals surface area contributed by atoms with E-state index in [-0.39, 0.29) is 6.29 Å². The lowest BCUT2D eigenvalue weighted by Crippen LogP contribution is -2.32. The summed E-state index contributed by atoms with van der Waals surface area (Å²) in [7, 11) is 0. The minimum absolute atomic E-state index is 0.0621. The monoisotopic (exact) mass is 346 g/mol. The van der Waals surface area contributed by atoms with Crippen molar-refractivity contribution >= 4 is 0 Å². The van der Waals surface area contributed by atoms with Crippen LogP contribution in [0.15, 0.2) is 24.3 Å². The second kappa shape index (κ2) is 12.5. The molecule has 0 N–H and O–H groups in total. The summed E-state index contributed by atoms with van der Waals surface area (Å²) in [5.74, 6) is 0.596. The first-order valence-electron chi connectivity index (χ1n) is 10.6. The molecular formula is C23H38O2. The first kappa shape index (κ1) is 20.5. The van der Waals surface area contributed by atoms with Crippen molar-refractivity contribution in [1.29, 1.82) is 0 Å². The predicted octanol–water partition coefficient (Wildman–Crippen LogP) is 6.31. The summed E-state index contributed by atoms with van der Waals surface area (Å²) in [6.07, 6.45) is 13.7. The fraction of sp³-hybridized carbons (Fsp3) is 0.739. The Bertz CT molecular complexity index is 432. The van der Waals surface area contributed by atoms with Crippen molar-refractivity contribution in [3.63, 3.8) is 0 Å². The zero-order valence-electron chi connectivity index (χ0n) is 16.5. The number of benzene rings is 1. The number of hydrogen-bond acceptors (Lipinski definition) is 2. The molecule has 2 nitrogen and oxygen atoms in total. The molecule has 2 heteroatoms. The first-order valence-corrected chi connectivity index (χ1v) is 10.6. The molecule has 0 amide bonds. The normalized spacial score (nSPS) is 20.7. The number of unbranched alkanes of at least 4 members (excludes halogenated alkanes) is 4. The summed E-state index contributed by atoms with van der Waals surface area (Å²) in [5.41, 5.74) is 2.97. The number of hydrogen-bond donors (Lipinski definition) is 0. The van der Waals surface area contributed by atoms with Gasteiger partial charge in [0.2, 0.25) is 0 Å². The van der Waals surface area contributed by atoms with E-state index in [4.69, 9.17) is 9.47 Å². The molecule has 0 atom stereocenters. The molecule has 0 aromatic heterocycles. The van der Waals surface area contributed by atoms with Crippen LogP contribution in [0.1, 0.15) is 82.8 Å². The Kier molecular flexibility index (Phi) is 10.2. The summed E-state index contributed by atoms with van der Waals surface area (Å²) in [6.45, 7) is 6.26. The Hall–Kier alpha value is -0.860. The van der Waals surface area contributed by atoms with Crippen LogP contribution < -0.4 is 0 Å². The maximum atomic E-state index is 5.84. The van der Waals surface area contributed by atoms with Crippen LogP contribution in [0.5, 0.6) is 0 Å². The van der Waals surface area contributed by atoms with Gasteiger partial charge in [0, 0.05) is 5.92 Å². The van der Waals surface area contributed by atoms with Gasteiger partial charge in [-0.2, -0.15) is 0 Å². The fourth-order valence-corrected chi connectivity index (χ4v) is 3.50. The molecule has 2 rings (SSSR count). The molecule has 0 radical (unpaired) electrons. The average Bonchev–Trinajstić information content (AvgIpc) is 2.66. The zero-order chi connectivity index (χ0) is 17.7. The van der Waals surface area contributed by atoms with Gasteiger partial charge in [-0.05, 0) is 56.1 Å². The Balaban J connectivity index is 1.54. The van der Waals surface area contributed by atoms with Gasteiger partial charge in [-0.15, -0.1) is 0 Å². The minimum Gasteiger partial charge on any atom is -0.352 e. The summed E-state index contributed by atoms with van der Waals surface area (Å²) in [4.78, 5) is 0. The second-order valence-electron chi connectivity index (χ2n) is 7.62. The molecule has 1 fully saturated rings. The molecule has 1 saturated heterocycles. The molecule has 1 aliphatic rings. The van der Waals surface area contributed by atoms with Gasteiger partial charge in [0.1, 0.15) is 0 Å². The van der Waals surface area contributed by atoms with Crippen LogP contribution in [0.4, 0.5) is 0 Å². The third-order valence-electron chi connectivity index (χ3n) is 5.25. The van der Waals surface area contributed by atoms with Crippen molar-refractivity contribution in [3.05, 3.63) is 35.4 Å². The Morgan fingerprint density at radius 1 is 0.720 bits per heavy atom. The smallest absolute Gasteiger partial charge is 0.157 e. The maximum absolute atomic E-state index is 5.84. The van der Waals surface area contributed by atoms with Gasteiger partial charge >= 0.3 is 0 Å². The first-order chi connectivity index (χ1) is 12.3. The SMILES string of the molecule is CCCCCc1ccc(CCCCC2COC(CCCC)OC2)cc1. The highest BCUT2D eigenvalue weighted by molar-refractivity contribution is 5.22. The Labute approximate surface area is 155 Å². The third kappa shape index (κ3) is 8.37. The van der Waals surface area contributed by atoms with E-state index in [9.17, 15) is 0 Å². The van der Waals surface area contributed by atoms with E-state index in [1.54, 1.807) is 0 Å². The van der Waals surface area contributed by atoms with E-state index in [0.717, 1.165) is 19.6 Å². The molecule has 1 aromatic carbocycles. The lowest BCUT2D eigenvalue weighted by atomic mass is 9.99. The third-order valence-corrected chi connectivity index (χ3v) is 5.25. The quantitative estimate of drug-likeness (QED) is 0.413. The Morgan fingerprint density at radius 2 is 1.28 bits per heavy atom. The summed E-state index contributed by atoms with van der Waals surface area (Å²) < 4.78 is 11.7. The van der Waals surface area contributed by atoms with Gasteiger partial charge in [-0.1, -0.05) is 63.8 Å². The second-order valence-corrected chi connectivity index (χ2v) is 7.62. The number of rotatable bonds is 12. The van der Waals surface area contributed by atoms with Gasteiger partial charge in [0.25, 0.3) is 0 Å². The molecular weight excluding hydrogens is 308 g/mol. The van der Waals surface area contributed by atoms with Gasteiger partial charge in [-0.25, -0.2) is 0 Å². The van der Waals surface area contributed by atoms with Crippen molar-refractivity contribution in [3.8, 4) is 0 Å². The van der Waals surface area contributed by atoms with Crippen LogP contribution in [0, 0.1) is 5.92 Å². The van der Waals surface area contributed by atoms with Crippen molar-refractivity contribution in [2.45, 2.75) is 90.8 Å². The van der Waals surface area contributed by atoms with Crippen LogP contribution in [0.2, 0.25) is 0 Å². The zero-order valence-corrected chi connectivity index (χ0v) is 16.5. The van der Waals surface area contributed by atoms with E-state index in [1.807, 2.05) is 0 Å². The molecule has 1 heterocycles. The van der Waals surface area contributed by atoms with Gasteiger partial charge in [-0.3, -0.25) is 0 Å². The van der Waals surface area contributed by atoms with Crippen LogP contribution in [0.3, 0.4) is 0 Å². The molecule has 25 heavy (non-hydrogen) atoms. The molecule has 1 aliphatic heterocycles. The lowest BCUT2D eigenvalue weighted by molar-refractivity contribution is -0.204. The minimum atomic E-state index is 0.0621. The molecule has 0 aliphatic carbocycles. The largest absolute Gasteiger partial charge is 0.352 e. The molecule has 0 saturated carbocycles. The van der Waals surface area contributed by atoms with E-state index in [0.29, 0.717) is 5.92 Å². The average molecular weight is 347 g/mol. The van der Waals surface area contributed by atoms with E-state index in [2.05, 4.69) is 38.1 Å². The van der Waals surface area contributed by atoms with E-state index >= 15 is 0 Å². The standard InChI is InChI=1S/C23H38O2/c1-3-5-7-10-20-14-16-21(17-15-20)11-8-9-12-22-18-24-23(25-19-22)13-6-4-2/h14-17,22-23H,3-13,18-19H2,1-2H3. The Morgan fingerprint density at radius 3 is 1.84 bits per heavy atom. The van der Waals surface area contributed by atoms with E-state index in [1.165, 1.54) is 75.3 Å². The highest BCUT2D eigenvalue weighted by atomic mass is 16.7. The molecule has 0 unspecified atom stereocenters. The highest BCUT2D eigenvalue weighted by Crippen LogP contribution is 2.20. The molecule has 0 bridgehead atoms. The van der Waals surface area contributed by atoms with Crippen LogP contribution in [-0.2, 0) is 22.3 Å². The number of ether oxygens (including phenoxy) is 2. The van der Waals surface area contributed by atoms with Crippen molar-refractivity contribution in [1.82, 2.24) is 0 Å². The van der Waals surface area contributed by atoms with Crippen LogP contribution in [-0.4, -0.2) is 19.5 Å². The molecule has 142 valence electrons. The summed E-state index contributed by atoms with van der Waals surface area (Å²) >= 11 is 0. The van der Waals surface area contributed by atoms with Gasteiger partial charge < -0.3 is 9.47 Å². The maximum Gasteiger partial charge on any atom is 0.157 e. The summed E-state index contributed by atoms with van der Waals surface area (Å²) in [5, 5.41) is 0. The summed E-state index contributed by atoms with van der Waals surface area (Å²) in [6, 6.07) is 9.30.